The second kappa shape index (κ2) is 5.90. The molecule has 1 amide bonds. The number of nitrogens with one attached hydrogen (secondary N) is 2. The van der Waals surface area contributed by atoms with Crippen molar-refractivity contribution in [2.24, 2.45) is 5.41 Å². The van der Waals surface area contributed by atoms with Crippen molar-refractivity contribution in [2.45, 2.75) is 52.2 Å². The Bertz CT molecular complexity index is 350. The van der Waals surface area contributed by atoms with Gasteiger partial charge < -0.3 is 20.3 Å². The number of hydrogen-bond acceptors (Lipinski definition) is 4. The average molecular weight is 283 g/mol. The number of ether oxygens (including phenoxy) is 1. The fourth-order valence-corrected chi connectivity index (χ4v) is 2.77. The maximum Gasteiger partial charge on any atom is 0.410 e. The van der Waals surface area contributed by atoms with Gasteiger partial charge in [-0.2, -0.15) is 0 Å². The third kappa shape index (κ3) is 4.35. The predicted octanol–water partition coefficient (Wildman–Crippen LogP) is 1.58. The van der Waals surface area contributed by atoms with E-state index in [4.69, 9.17) is 4.74 Å². The quantitative estimate of drug-likeness (QED) is 0.826. The monoisotopic (exact) mass is 283 g/mol. The molecule has 1 atom stereocenters. The average Bonchev–Trinajstić information content (AvgIpc) is 2.24. The lowest BCUT2D eigenvalue weighted by atomic mass is 9.81. The lowest BCUT2D eigenvalue weighted by Gasteiger charge is -2.42. The summed E-state index contributed by atoms with van der Waals surface area (Å²) in [6.07, 6.45) is 2.05. The van der Waals surface area contributed by atoms with Gasteiger partial charge in [0.2, 0.25) is 0 Å². The van der Waals surface area contributed by atoms with Crippen molar-refractivity contribution in [1.29, 1.82) is 0 Å². The van der Waals surface area contributed by atoms with Crippen LogP contribution in [-0.4, -0.2) is 55.4 Å². The Morgan fingerprint density at radius 3 is 2.70 bits per heavy atom. The second-order valence-corrected chi connectivity index (χ2v) is 7.55. The van der Waals surface area contributed by atoms with Crippen molar-refractivity contribution >= 4 is 6.09 Å². The predicted molar refractivity (Wildman–Crippen MR) is 79.8 cm³/mol. The minimum atomic E-state index is -0.416. The van der Waals surface area contributed by atoms with Crippen LogP contribution in [0.3, 0.4) is 0 Å². The molecule has 0 radical (unpaired) electrons. The van der Waals surface area contributed by atoms with Gasteiger partial charge in [-0.1, -0.05) is 6.92 Å². The van der Waals surface area contributed by atoms with Crippen LogP contribution in [0.5, 0.6) is 0 Å². The van der Waals surface area contributed by atoms with Gasteiger partial charge in [-0.05, 0) is 39.0 Å². The number of nitrogens with zero attached hydrogens (tertiary/aromatic N) is 1. The molecule has 2 fully saturated rings. The van der Waals surface area contributed by atoms with E-state index in [0.717, 1.165) is 39.1 Å². The molecule has 5 nitrogen and oxygen atoms in total. The van der Waals surface area contributed by atoms with E-state index in [1.165, 1.54) is 6.42 Å². The van der Waals surface area contributed by atoms with E-state index in [2.05, 4.69) is 17.6 Å². The zero-order valence-electron chi connectivity index (χ0n) is 13.3. The third-order valence-electron chi connectivity index (χ3n) is 4.03. The van der Waals surface area contributed by atoms with Crippen LogP contribution in [0.1, 0.15) is 40.5 Å². The molecule has 0 saturated carbocycles. The Morgan fingerprint density at radius 1 is 1.45 bits per heavy atom. The molecule has 0 aromatic carbocycles. The van der Waals surface area contributed by atoms with Crippen LogP contribution in [0.2, 0.25) is 0 Å². The Balaban J connectivity index is 1.84. The molecule has 2 N–H and O–H groups in total. The van der Waals surface area contributed by atoms with Crippen molar-refractivity contribution in [3.8, 4) is 0 Å². The summed E-state index contributed by atoms with van der Waals surface area (Å²) in [6.45, 7) is 12.7. The number of hydrogen-bond donors (Lipinski definition) is 2. The molecule has 116 valence electrons. The number of carbonyl (C=O) groups excluding carboxylic acids is 1. The molecule has 20 heavy (non-hydrogen) atoms. The van der Waals surface area contributed by atoms with Crippen LogP contribution < -0.4 is 10.6 Å². The first-order valence-corrected chi connectivity index (χ1v) is 7.69. The van der Waals surface area contributed by atoms with E-state index in [0.29, 0.717) is 6.04 Å². The summed E-state index contributed by atoms with van der Waals surface area (Å²) in [5.41, 5.74) is -0.258. The first-order valence-electron chi connectivity index (χ1n) is 7.69. The van der Waals surface area contributed by atoms with Crippen molar-refractivity contribution in [1.82, 2.24) is 15.5 Å². The highest BCUT2D eigenvalue weighted by Gasteiger charge is 2.35. The number of amides is 1. The van der Waals surface area contributed by atoms with Gasteiger partial charge in [0.25, 0.3) is 0 Å². The highest BCUT2D eigenvalue weighted by atomic mass is 16.6. The molecule has 0 spiro atoms. The van der Waals surface area contributed by atoms with Gasteiger partial charge in [-0.25, -0.2) is 4.79 Å². The summed E-state index contributed by atoms with van der Waals surface area (Å²) in [5, 5.41) is 6.86. The highest BCUT2D eigenvalue weighted by molar-refractivity contribution is 5.68. The normalized spacial score (nSPS) is 28.1. The number of rotatable bonds is 3. The van der Waals surface area contributed by atoms with E-state index in [1.54, 1.807) is 0 Å². The van der Waals surface area contributed by atoms with Gasteiger partial charge in [-0.3, -0.25) is 0 Å². The van der Waals surface area contributed by atoms with Crippen LogP contribution in [0, 0.1) is 5.41 Å². The van der Waals surface area contributed by atoms with Gasteiger partial charge in [0.05, 0.1) is 0 Å². The summed E-state index contributed by atoms with van der Waals surface area (Å²) in [6, 6.07) is 0.601. The summed E-state index contributed by atoms with van der Waals surface area (Å²) in [7, 11) is 0. The Kier molecular flexibility index (Phi) is 4.59. The lowest BCUT2D eigenvalue weighted by molar-refractivity contribution is 0.00626. The maximum absolute atomic E-state index is 12.2. The Hall–Kier alpha value is -0.810. The molecule has 0 aromatic rings. The zero-order valence-corrected chi connectivity index (χ0v) is 13.3. The molecule has 2 aliphatic heterocycles. The zero-order chi connectivity index (χ0) is 14.8. The standard InChI is InChI=1S/C15H29N3O2/c1-14(2,3)20-13(19)18-7-5-6-15(4,11-18)10-17-12-8-16-9-12/h12,16-17H,5-11H2,1-4H3. The molecular formula is C15H29N3O2. The summed E-state index contributed by atoms with van der Waals surface area (Å²) in [4.78, 5) is 14.1. The third-order valence-corrected chi connectivity index (χ3v) is 4.03. The largest absolute Gasteiger partial charge is 0.444 e. The maximum atomic E-state index is 12.2. The van der Waals surface area contributed by atoms with E-state index in [1.807, 2.05) is 25.7 Å². The molecule has 1 unspecified atom stereocenters. The van der Waals surface area contributed by atoms with Crippen LogP contribution in [0.4, 0.5) is 4.79 Å². The number of carbonyl (C=O) groups is 1. The van der Waals surface area contributed by atoms with Crippen LogP contribution in [0.15, 0.2) is 0 Å². The van der Waals surface area contributed by atoms with Crippen LogP contribution >= 0.6 is 0 Å². The summed E-state index contributed by atoms with van der Waals surface area (Å²) >= 11 is 0. The van der Waals surface area contributed by atoms with Crippen LogP contribution in [0.25, 0.3) is 0 Å². The van der Waals surface area contributed by atoms with Gasteiger partial charge >= 0.3 is 6.09 Å². The van der Waals surface area contributed by atoms with Crippen molar-refractivity contribution in [3.05, 3.63) is 0 Å². The topological polar surface area (TPSA) is 53.6 Å². The fraction of sp³-hybridized carbons (Fsp3) is 0.933. The first-order chi connectivity index (χ1) is 9.27. The van der Waals surface area contributed by atoms with Crippen LogP contribution in [-0.2, 0) is 4.74 Å². The summed E-state index contributed by atoms with van der Waals surface area (Å²) in [5.74, 6) is 0. The van der Waals surface area contributed by atoms with Gasteiger partial charge in [0, 0.05) is 38.8 Å². The number of likely N-dealkylation sites (tertiary alicyclic amines) is 1. The minimum absolute atomic E-state index is 0.157. The minimum Gasteiger partial charge on any atom is -0.444 e. The smallest absolute Gasteiger partial charge is 0.410 e. The Morgan fingerprint density at radius 2 is 2.15 bits per heavy atom. The molecule has 5 heteroatoms. The summed E-state index contributed by atoms with van der Waals surface area (Å²) < 4.78 is 5.49. The van der Waals surface area contributed by atoms with Crippen molar-refractivity contribution in [3.63, 3.8) is 0 Å². The van der Waals surface area contributed by atoms with E-state index >= 15 is 0 Å². The lowest BCUT2D eigenvalue weighted by Crippen LogP contribution is -2.59. The van der Waals surface area contributed by atoms with Gasteiger partial charge in [0.1, 0.15) is 5.60 Å². The molecule has 0 aromatic heterocycles. The van der Waals surface area contributed by atoms with Crippen molar-refractivity contribution in [2.75, 3.05) is 32.7 Å². The molecule has 2 aliphatic rings. The molecule has 2 heterocycles. The highest BCUT2D eigenvalue weighted by Crippen LogP contribution is 2.29. The number of piperidine rings is 1. The fourth-order valence-electron chi connectivity index (χ4n) is 2.77. The Labute approximate surface area is 122 Å². The molecule has 2 rings (SSSR count). The molecule has 0 bridgehead atoms. The van der Waals surface area contributed by atoms with E-state index in [9.17, 15) is 4.79 Å². The van der Waals surface area contributed by atoms with Gasteiger partial charge in [0.15, 0.2) is 0 Å². The molecule has 0 aliphatic carbocycles. The second-order valence-electron chi connectivity index (χ2n) is 7.55. The SMILES string of the molecule is CC1(CNC2CNC2)CCCN(C(=O)OC(C)(C)C)C1. The first kappa shape index (κ1) is 15.6. The molecular weight excluding hydrogens is 254 g/mol. The van der Waals surface area contributed by atoms with E-state index < -0.39 is 5.60 Å². The van der Waals surface area contributed by atoms with Crippen molar-refractivity contribution < 1.29 is 9.53 Å². The van der Waals surface area contributed by atoms with Gasteiger partial charge in [-0.15, -0.1) is 0 Å². The molecule has 2 saturated heterocycles. The van der Waals surface area contributed by atoms with E-state index in [-0.39, 0.29) is 11.5 Å².